The maximum Gasteiger partial charge on any atom is 0.341 e. The van der Waals surface area contributed by atoms with Gasteiger partial charge >= 0.3 is 5.97 Å². The van der Waals surface area contributed by atoms with Gasteiger partial charge in [-0.25, -0.2) is 9.78 Å². The first-order valence-electron chi connectivity index (χ1n) is 11.4. The van der Waals surface area contributed by atoms with Gasteiger partial charge in [0, 0.05) is 16.0 Å². The van der Waals surface area contributed by atoms with Crippen molar-refractivity contribution in [3.63, 3.8) is 0 Å². The Labute approximate surface area is 201 Å². The molecule has 0 aliphatic heterocycles. The van der Waals surface area contributed by atoms with Crippen LogP contribution >= 0.6 is 22.7 Å². The lowest BCUT2D eigenvalue weighted by atomic mass is 9.71. The van der Waals surface area contributed by atoms with Crippen LogP contribution < -0.4 is 11.1 Å². The molecule has 0 saturated carbocycles. The zero-order valence-corrected chi connectivity index (χ0v) is 21.1. The number of ether oxygens (including phenoxy) is 1. The molecule has 6 nitrogen and oxygen atoms in total. The number of hydrogen-bond donors (Lipinski definition) is 2. The van der Waals surface area contributed by atoms with Crippen molar-refractivity contribution in [3.8, 4) is 0 Å². The van der Waals surface area contributed by atoms with Gasteiger partial charge in [0.25, 0.3) is 5.91 Å². The second-order valence-corrected chi connectivity index (χ2v) is 12.2. The molecule has 3 aromatic heterocycles. The number of nitrogens with zero attached hydrogens (tertiary/aromatic N) is 1. The number of fused-ring (bicyclic) bond motifs is 3. The Morgan fingerprint density at radius 2 is 2.00 bits per heavy atom. The SMILES string of the molecule is COC(=O)c1c(NC(=O)c2sc3nc4c(cc3c2N)CC(C(C)(C)C)CC4)sc2c1CCC2. The molecule has 1 amide bonds. The average Bonchev–Trinajstić information content (AvgIpc) is 3.44. The number of pyridine rings is 1. The summed E-state index contributed by atoms with van der Waals surface area (Å²) in [6.07, 6.45) is 5.85. The van der Waals surface area contributed by atoms with Crippen molar-refractivity contribution in [1.82, 2.24) is 4.98 Å². The van der Waals surface area contributed by atoms with Gasteiger partial charge in [0.2, 0.25) is 0 Å². The molecule has 5 rings (SSSR count). The second kappa shape index (κ2) is 8.09. The van der Waals surface area contributed by atoms with Gasteiger partial charge in [-0.2, -0.15) is 0 Å². The van der Waals surface area contributed by atoms with Gasteiger partial charge in [0.1, 0.15) is 14.7 Å². The van der Waals surface area contributed by atoms with Crippen molar-refractivity contribution in [3.05, 3.63) is 38.2 Å². The largest absolute Gasteiger partial charge is 0.465 e. The number of hydrogen-bond acceptors (Lipinski definition) is 7. The van der Waals surface area contributed by atoms with Crippen molar-refractivity contribution in [2.45, 2.75) is 59.3 Å². The first kappa shape index (κ1) is 22.3. The number of nitrogens with two attached hydrogens (primary N) is 1. The van der Waals surface area contributed by atoms with E-state index in [1.54, 1.807) is 0 Å². The number of aromatic nitrogens is 1. The molecule has 3 heterocycles. The number of carbonyl (C=O) groups is 2. The first-order valence-corrected chi connectivity index (χ1v) is 13.1. The van der Waals surface area contributed by atoms with Gasteiger partial charge in [0.15, 0.2) is 0 Å². The van der Waals surface area contributed by atoms with E-state index in [1.807, 2.05) is 0 Å². The van der Waals surface area contributed by atoms with Gasteiger partial charge in [-0.15, -0.1) is 22.7 Å². The fraction of sp³-hybridized carbons (Fsp3) is 0.480. The van der Waals surface area contributed by atoms with E-state index in [9.17, 15) is 9.59 Å². The molecule has 0 aromatic carbocycles. The smallest absolute Gasteiger partial charge is 0.341 e. The van der Waals surface area contributed by atoms with E-state index in [2.05, 4.69) is 32.2 Å². The molecule has 0 radical (unpaired) electrons. The third-order valence-corrected chi connectivity index (χ3v) is 9.38. The van der Waals surface area contributed by atoms with Crippen LogP contribution in [0.4, 0.5) is 10.7 Å². The Balaban J connectivity index is 1.47. The maximum absolute atomic E-state index is 13.2. The van der Waals surface area contributed by atoms with Gasteiger partial charge in [-0.1, -0.05) is 20.8 Å². The van der Waals surface area contributed by atoms with E-state index in [0.717, 1.165) is 64.9 Å². The summed E-state index contributed by atoms with van der Waals surface area (Å²) in [5.74, 6) is -0.104. The Hall–Kier alpha value is -2.45. The summed E-state index contributed by atoms with van der Waals surface area (Å²) in [6, 6.07) is 2.14. The minimum Gasteiger partial charge on any atom is -0.465 e. The third kappa shape index (κ3) is 3.83. The minimum absolute atomic E-state index is 0.246. The van der Waals surface area contributed by atoms with Crippen LogP contribution in [0.1, 0.15) is 75.3 Å². The third-order valence-electron chi connectivity index (χ3n) is 7.05. The van der Waals surface area contributed by atoms with E-state index in [1.165, 1.54) is 35.3 Å². The molecule has 0 fully saturated rings. The highest BCUT2D eigenvalue weighted by Gasteiger charge is 2.31. The average molecular weight is 484 g/mol. The van der Waals surface area contributed by atoms with Crippen LogP contribution in [0.15, 0.2) is 6.07 Å². The number of nitrogen functional groups attached to an aromatic ring is 1. The predicted molar refractivity (Wildman–Crippen MR) is 135 cm³/mol. The number of amides is 1. The fourth-order valence-electron chi connectivity index (χ4n) is 5.07. The standard InChI is InChI=1S/C25H29N3O3S2/c1-25(2,3)13-8-9-16-12(10-13)11-15-19(26)20(33-22(15)27-16)21(29)28-23-18(24(30)31-4)14-6-5-7-17(14)32-23/h11,13H,5-10,26H2,1-4H3,(H,28,29). The van der Waals surface area contributed by atoms with Crippen LogP contribution in [0.3, 0.4) is 0 Å². The molecule has 2 aliphatic carbocycles. The minimum atomic E-state index is -0.406. The number of anilines is 2. The van der Waals surface area contributed by atoms with Gasteiger partial charge < -0.3 is 15.8 Å². The lowest BCUT2D eigenvalue weighted by molar-refractivity contribution is 0.0601. The summed E-state index contributed by atoms with van der Waals surface area (Å²) in [6.45, 7) is 6.87. The van der Waals surface area contributed by atoms with Crippen molar-refractivity contribution in [2.75, 3.05) is 18.2 Å². The molecule has 3 N–H and O–H groups in total. The molecule has 174 valence electrons. The molecule has 1 atom stereocenters. The van der Waals surface area contributed by atoms with E-state index in [4.69, 9.17) is 15.5 Å². The number of carbonyl (C=O) groups excluding carboxylic acids is 2. The number of aryl methyl sites for hydroxylation is 2. The molecule has 2 aliphatic rings. The van der Waals surface area contributed by atoms with Crippen LogP contribution in [-0.2, 0) is 30.4 Å². The van der Waals surface area contributed by atoms with Gasteiger partial charge in [-0.3, -0.25) is 4.79 Å². The highest BCUT2D eigenvalue weighted by Crippen LogP contribution is 2.42. The van der Waals surface area contributed by atoms with E-state index in [-0.39, 0.29) is 11.3 Å². The Bertz CT molecular complexity index is 1280. The molecule has 0 spiro atoms. The zero-order chi connectivity index (χ0) is 23.5. The molecule has 33 heavy (non-hydrogen) atoms. The summed E-state index contributed by atoms with van der Waals surface area (Å²) in [4.78, 5) is 33.0. The van der Waals surface area contributed by atoms with Crippen LogP contribution in [0, 0.1) is 11.3 Å². The Kier molecular flexibility index (Phi) is 5.48. The van der Waals surface area contributed by atoms with Gasteiger partial charge in [0.05, 0.1) is 18.4 Å². The topological polar surface area (TPSA) is 94.3 Å². The molecular formula is C25H29N3O3S2. The van der Waals surface area contributed by atoms with Crippen molar-refractivity contribution in [2.24, 2.45) is 11.3 Å². The van der Waals surface area contributed by atoms with Crippen molar-refractivity contribution < 1.29 is 14.3 Å². The van der Waals surface area contributed by atoms with Crippen LogP contribution in [0.5, 0.6) is 0 Å². The van der Waals surface area contributed by atoms with E-state index >= 15 is 0 Å². The summed E-state index contributed by atoms with van der Waals surface area (Å²) >= 11 is 2.79. The van der Waals surface area contributed by atoms with E-state index < -0.39 is 5.97 Å². The summed E-state index contributed by atoms with van der Waals surface area (Å²) in [7, 11) is 1.37. The fourth-order valence-corrected chi connectivity index (χ4v) is 7.33. The predicted octanol–water partition coefficient (Wildman–Crippen LogP) is 5.62. The number of nitrogens with one attached hydrogen (secondary N) is 1. The number of esters is 1. The Morgan fingerprint density at radius 1 is 1.21 bits per heavy atom. The maximum atomic E-state index is 13.2. The van der Waals surface area contributed by atoms with Crippen LogP contribution in [0.2, 0.25) is 0 Å². The van der Waals surface area contributed by atoms with Crippen molar-refractivity contribution in [1.29, 1.82) is 0 Å². The quantitative estimate of drug-likeness (QED) is 0.472. The van der Waals surface area contributed by atoms with E-state index in [0.29, 0.717) is 27.0 Å². The number of rotatable bonds is 3. The molecule has 0 saturated heterocycles. The summed E-state index contributed by atoms with van der Waals surface area (Å²) in [5, 5.41) is 4.35. The second-order valence-electron chi connectivity index (χ2n) is 10.1. The normalized spacial score (nSPS) is 17.6. The number of thiophene rings is 2. The summed E-state index contributed by atoms with van der Waals surface area (Å²) in [5.41, 5.74) is 11.0. The Morgan fingerprint density at radius 3 is 2.73 bits per heavy atom. The van der Waals surface area contributed by atoms with Gasteiger partial charge in [-0.05, 0) is 67.1 Å². The number of methoxy groups -OCH3 is 1. The highest BCUT2D eigenvalue weighted by atomic mass is 32.1. The van der Waals surface area contributed by atoms with Crippen LogP contribution in [0.25, 0.3) is 10.2 Å². The molecule has 8 heteroatoms. The molecule has 3 aromatic rings. The molecular weight excluding hydrogens is 454 g/mol. The molecule has 1 unspecified atom stereocenters. The molecule has 0 bridgehead atoms. The monoisotopic (exact) mass is 483 g/mol. The lowest BCUT2D eigenvalue weighted by Crippen LogP contribution is -2.27. The van der Waals surface area contributed by atoms with Crippen LogP contribution in [-0.4, -0.2) is 24.0 Å². The lowest BCUT2D eigenvalue weighted by Gasteiger charge is -2.34. The highest BCUT2D eigenvalue weighted by molar-refractivity contribution is 7.21. The summed E-state index contributed by atoms with van der Waals surface area (Å²) < 4.78 is 4.99. The first-order chi connectivity index (χ1) is 15.7. The van der Waals surface area contributed by atoms with Crippen molar-refractivity contribution >= 4 is 55.5 Å². The zero-order valence-electron chi connectivity index (χ0n) is 19.5.